The largest absolute Gasteiger partial charge is 0.409 e. The van der Waals surface area contributed by atoms with E-state index in [2.05, 4.69) is 17.4 Å². The lowest BCUT2D eigenvalue weighted by molar-refractivity contribution is -0.131. The first-order valence-electron chi connectivity index (χ1n) is 7.85. The van der Waals surface area contributed by atoms with E-state index < -0.39 is 5.41 Å². The van der Waals surface area contributed by atoms with E-state index in [-0.39, 0.29) is 11.7 Å². The van der Waals surface area contributed by atoms with Crippen molar-refractivity contribution >= 4 is 11.7 Å². The van der Waals surface area contributed by atoms with E-state index in [4.69, 9.17) is 10.9 Å². The number of nitrogens with one attached hydrogen (secondary N) is 1. The van der Waals surface area contributed by atoms with Crippen LogP contribution in [0, 0.1) is 17.3 Å². The molecule has 0 aromatic heterocycles. The predicted molar refractivity (Wildman–Crippen MR) is 78.4 cm³/mol. The Morgan fingerprint density at radius 3 is 2.50 bits per heavy atom. The van der Waals surface area contributed by atoms with Crippen LogP contribution in [-0.4, -0.2) is 23.5 Å². The SMILES string of the molecule is CC1CCC(CCNC(=O)C2(C(N)=NO)CCC2)CC1. The molecular weight excluding hydrogens is 254 g/mol. The molecule has 0 aliphatic heterocycles. The molecule has 0 atom stereocenters. The second kappa shape index (κ2) is 6.46. The van der Waals surface area contributed by atoms with Gasteiger partial charge in [-0.25, -0.2) is 0 Å². The average molecular weight is 281 g/mol. The molecule has 1 amide bonds. The van der Waals surface area contributed by atoms with Crippen LogP contribution >= 0.6 is 0 Å². The highest BCUT2D eigenvalue weighted by atomic mass is 16.4. The van der Waals surface area contributed by atoms with Crippen molar-refractivity contribution in [2.75, 3.05) is 6.54 Å². The van der Waals surface area contributed by atoms with Crippen LogP contribution in [0.5, 0.6) is 0 Å². The maximum absolute atomic E-state index is 12.3. The fourth-order valence-corrected chi connectivity index (χ4v) is 3.40. The molecule has 0 aromatic rings. The van der Waals surface area contributed by atoms with Gasteiger partial charge in [-0.3, -0.25) is 4.79 Å². The van der Waals surface area contributed by atoms with Crippen molar-refractivity contribution in [1.29, 1.82) is 0 Å². The van der Waals surface area contributed by atoms with Gasteiger partial charge >= 0.3 is 0 Å². The summed E-state index contributed by atoms with van der Waals surface area (Å²) in [6.45, 7) is 3.02. The van der Waals surface area contributed by atoms with Crippen LogP contribution in [0.2, 0.25) is 0 Å². The maximum Gasteiger partial charge on any atom is 0.233 e. The minimum absolute atomic E-state index is 0.0627. The number of oxime groups is 1. The number of carbonyl (C=O) groups excluding carboxylic acids is 1. The zero-order chi connectivity index (χ0) is 14.6. The summed E-state index contributed by atoms with van der Waals surface area (Å²) in [5.41, 5.74) is 4.94. The molecule has 20 heavy (non-hydrogen) atoms. The molecule has 4 N–H and O–H groups in total. The quantitative estimate of drug-likeness (QED) is 0.312. The summed E-state index contributed by atoms with van der Waals surface area (Å²) in [5.74, 6) is 1.60. The van der Waals surface area contributed by atoms with Crippen LogP contribution in [0.25, 0.3) is 0 Å². The third-order valence-electron chi connectivity index (χ3n) is 5.21. The molecule has 0 radical (unpaired) electrons. The average Bonchev–Trinajstić information content (AvgIpc) is 2.39. The molecule has 0 spiro atoms. The molecule has 0 bridgehead atoms. The Labute approximate surface area is 121 Å². The molecule has 0 unspecified atom stereocenters. The van der Waals surface area contributed by atoms with Crippen LogP contribution in [-0.2, 0) is 4.79 Å². The van der Waals surface area contributed by atoms with E-state index in [0.717, 1.165) is 24.7 Å². The second-order valence-electron chi connectivity index (χ2n) is 6.59. The molecule has 0 aromatic carbocycles. The standard InChI is InChI=1S/C15H27N3O2/c1-11-3-5-12(6-4-11)7-10-17-14(19)15(8-2-9-15)13(16)18-20/h11-12,20H,2-10H2,1H3,(H2,16,18)(H,17,19). The van der Waals surface area contributed by atoms with Crippen molar-refractivity contribution in [3.8, 4) is 0 Å². The first-order chi connectivity index (χ1) is 9.58. The minimum atomic E-state index is -0.740. The third kappa shape index (κ3) is 3.07. The number of carbonyl (C=O) groups is 1. The first kappa shape index (κ1) is 15.1. The highest BCUT2D eigenvalue weighted by Crippen LogP contribution is 2.41. The summed E-state index contributed by atoms with van der Waals surface area (Å²) in [5, 5.41) is 14.9. The molecule has 2 aliphatic rings. The number of nitrogens with zero attached hydrogens (tertiary/aromatic N) is 1. The Kier molecular flexibility index (Phi) is 4.89. The summed E-state index contributed by atoms with van der Waals surface area (Å²) in [4.78, 5) is 12.3. The molecule has 0 saturated heterocycles. The molecule has 0 heterocycles. The smallest absolute Gasteiger partial charge is 0.233 e. The number of amidine groups is 1. The van der Waals surface area contributed by atoms with Gasteiger partial charge in [-0.1, -0.05) is 44.2 Å². The van der Waals surface area contributed by atoms with Crippen LogP contribution in [0.3, 0.4) is 0 Å². The number of amides is 1. The summed E-state index contributed by atoms with van der Waals surface area (Å²) in [6.07, 6.45) is 8.57. The molecule has 114 valence electrons. The van der Waals surface area contributed by atoms with E-state index in [1.54, 1.807) is 0 Å². The van der Waals surface area contributed by atoms with Crippen molar-refractivity contribution in [2.45, 2.75) is 58.3 Å². The predicted octanol–water partition coefficient (Wildman–Crippen LogP) is 2.24. The number of hydrogen-bond donors (Lipinski definition) is 3. The Hall–Kier alpha value is -1.26. The monoisotopic (exact) mass is 281 g/mol. The zero-order valence-electron chi connectivity index (χ0n) is 12.4. The Bertz CT molecular complexity index is 369. The summed E-state index contributed by atoms with van der Waals surface area (Å²) >= 11 is 0. The number of hydrogen-bond acceptors (Lipinski definition) is 3. The highest BCUT2D eigenvalue weighted by molar-refractivity contribution is 6.07. The fourth-order valence-electron chi connectivity index (χ4n) is 3.40. The van der Waals surface area contributed by atoms with Crippen LogP contribution in [0.15, 0.2) is 5.16 Å². The van der Waals surface area contributed by atoms with Gasteiger partial charge in [-0.15, -0.1) is 0 Å². The normalized spacial score (nSPS) is 29.6. The fraction of sp³-hybridized carbons (Fsp3) is 0.867. The van der Waals surface area contributed by atoms with Gasteiger partial charge in [0.05, 0.1) is 0 Å². The molecule has 2 aliphatic carbocycles. The van der Waals surface area contributed by atoms with Crippen molar-refractivity contribution < 1.29 is 10.0 Å². The lowest BCUT2D eigenvalue weighted by atomic mass is 9.67. The van der Waals surface area contributed by atoms with Gasteiger partial charge in [0.2, 0.25) is 5.91 Å². The molecule has 5 nitrogen and oxygen atoms in total. The van der Waals surface area contributed by atoms with E-state index in [1.807, 2.05) is 0 Å². The van der Waals surface area contributed by atoms with Gasteiger partial charge in [0, 0.05) is 6.54 Å². The van der Waals surface area contributed by atoms with Gasteiger partial charge in [0.25, 0.3) is 0 Å². The summed E-state index contributed by atoms with van der Waals surface area (Å²) < 4.78 is 0. The van der Waals surface area contributed by atoms with Crippen molar-refractivity contribution in [3.63, 3.8) is 0 Å². The molecule has 2 fully saturated rings. The molecule has 2 saturated carbocycles. The van der Waals surface area contributed by atoms with Crippen molar-refractivity contribution in [1.82, 2.24) is 5.32 Å². The van der Waals surface area contributed by atoms with Crippen LogP contribution in [0.4, 0.5) is 0 Å². The first-order valence-corrected chi connectivity index (χ1v) is 7.85. The minimum Gasteiger partial charge on any atom is -0.409 e. The lowest BCUT2D eigenvalue weighted by Gasteiger charge is -2.38. The number of nitrogens with two attached hydrogens (primary N) is 1. The Balaban J connectivity index is 1.75. The zero-order valence-corrected chi connectivity index (χ0v) is 12.4. The number of rotatable bonds is 5. The Morgan fingerprint density at radius 1 is 1.35 bits per heavy atom. The van der Waals surface area contributed by atoms with E-state index in [9.17, 15) is 4.79 Å². The third-order valence-corrected chi connectivity index (χ3v) is 5.21. The molecule has 5 heteroatoms. The van der Waals surface area contributed by atoms with Gasteiger partial charge in [0.1, 0.15) is 5.41 Å². The van der Waals surface area contributed by atoms with Crippen molar-refractivity contribution in [2.24, 2.45) is 28.1 Å². The summed E-state index contributed by atoms with van der Waals surface area (Å²) in [7, 11) is 0. The Morgan fingerprint density at radius 2 is 2.00 bits per heavy atom. The lowest BCUT2D eigenvalue weighted by Crippen LogP contribution is -2.54. The van der Waals surface area contributed by atoms with Crippen LogP contribution < -0.4 is 11.1 Å². The van der Waals surface area contributed by atoms with Gasteiger partial charge < -0.3 is 16.3 Å². The topological polar surface area (TPSA) is 87.7 Å². The maximum atomic E-state index is 12.3. The van der Waals surface area contributed by atoms with Crippen LogP contribution in [0.1, 0.15) is 58.3 Å². The van der Waals surface area contributed by atoms with Gasteiger partial charge in [0.15, 0.2) is 5.84 Å². The molecule has 2 rings (SSSR count). The van der Waals surface area contributed by atoms with Gasteiger partial charge in [-0.05, 0) is 31.1 Å². The summed E-state index contributed by atoms with van der Waals surface area (Å²) in [6, 6.07) is 0. The van der Waals surface area contributed by atoms with Crippen molar-refractivity contribution in [3.05, 3.63) is 0 Å². The van der Waals surface area contributed by atoms with E-state index in [1.165, 1.54) is 25.7 Å². The van der Waals surface area contributed by atoms with E-state index in [0.29, 0.717) is 19.4 Å². The molecular formula is C15H27N3O2. The van der Waals surface area contributed by atoms with Gasteiger partial charge in [-0.2, -0.15) is 0 Å². The second-order valence-corrected chi connectivity index (χ2v) is 6.59. The highest BCUT2D eigenvalue weighted by Gasteiger charge is 2.48. The van der Waals surface area contributed by atoms with E-state index >= 15 is 0 Å².